The number of carbonyl (C=O) groups excluding carboxylic acids is 1. The van der Waals surface area contributed by atoms with E-state index < -0.39 is 0 Å². The molecule has 1 rings (SSSR count). The van der Waals surface area contributed by atoms with E-state index >= 15 is 0 Å². The molecule has 0 radical (unpaired) electrons. The smallest absolute Gasteiger partial charge is 0.221 e. The van der Waals surface area contributed by atoms with Crippen LogP contribution in [0.15, 0.2) is 29.2 Å². The Kier molecular flexibility index (Phi) is 4.87. The first-order valence-corrected chi connectivity index (χ1v) is 6.00. The SMILES string of the molecule is CC(=O)Nc1ccc(SC[C@@H](C)C#N)cc1. The van der Waals surface area contributed by atoms with E-state index in [2.05, 4.69) is 11.4 Å². The highest BCUT2D eigenvalue weighted by Gasteiger charge is 2.01. The number of anilines is 1. The monoisotopic (exact) mass is 234 g/mol. The van der Waals surface area contributed by atoms with Crippen molar-refractivity contribution in [1.82, 2.24) is 0 Å². The van der Waals surface area contributed by atoms with E-state index in [9.17, 15) is 4.79 Å². The normalized spacial score (nSPS) is 11.6. The van der Waals surface area contributed by atoms with Crippen molar-refractivity contribution >= 4 is 23.4 Å². The molecule has 84 valence electrons. The lowest BCUT2D eigenvalue weighted by molar-refractivity contribution is -0.114. The number of amides is 1. The third kappa shape index (κ3) is 4.37. The molecule has 0 heterocycles. The molecule has 0 spiro atoms. The molecule has 0 saturated carbocycles. The minimum atomic E-state index is -0.0708. The van der Waals surface area contributed by atoms with Gasteiger partial charge in [0.15, 0.2) is 0 Å². The molecule has 0 aromatic heterocycles. The van der Waals surface area contributed by atoms with Crippen molar-refractivity contribution < 1.29 is 4.79 Å². The number of carbonyl (C=O) groups is 1. The summed E-state index contributed by atoms with van der Waals surface area (Å²) in [6.07, 6.45) is 0. The number of hydrogen-bond donors (Lipinski definition) is 1. The van der Waals surface area contributed by atoms with Crippen molar-refractivity contribution in [3.05, 3.63) is 24.3 Å². The Balaban J connectivity index is 2.52. The van der Waals surface area contributed by atoms with E-state index in [1.807, 2.05) is 31.2 Å². The van der Waals surface area contributed by atoms with Crippen LogP contribution < -0.4 is 5.32 Å². The molecule has 0 aliphatic heterocycles. The lowest BCUT2D eigenvalue weighted by Gasteiger charge is -2.05. The zero-order valence-electron chi connectivity index (χ0n) is 9.36. The van der Waals surface area contributed by atoms with E-state index in [4.69, 9.17) is 5.26 Å². The van der Waals surface area contributed by atoms with E-state index in [1.165, 1.54) is 6.92 Å². The van der Waals surface area contributed by atoms with Crippen molar-refractivity contribution in [2.24, 2.45) is 5.92 Å². The van der Waals surface area contributed by atoms with Crippen molar-refractivity contribution in [3.8, 4) is 6.07 Å². The zero-order chi connectivity index (χ0) is 12.0. The number of thioether (sulfide) groups is 1. The van der Waals surface area contributed by atoms with Crippen molar-refractivity contribution in [2.75, 3.05) is 11.1 Å². The van der Waals surface area contributed by atoms with Gasteiger partial charge in [0.1, 0.15) is 0 Å². The largest absolute Gasteiger partial charge is 0.326 e. The summed E-state index contributed by atoms with van der Waals surface area (Å²) in [5.74, 6) is 0.772. The summed E-state index contributed by atoms with van der Waals surface area (Å²) in [6.45, 7) is 3.38. The van der Waals surface area contributed by atoms with Crippen LogP contribution in [0.4, 0.5) is 5.69 Å². The molecule has 0 aliphatic carbocycles. The number of rotatable bonds is 4. The second-order valence-electron chi connectivity index (χ2n) is 3.55. The maximum atomic E-state index is 10.8. The molecule has 1 aromatic carbocycles. The fourth-order valence-corrected chi connectivity index (χ4v) is 1.94. The molecule has 0 aliphatic rings. The molecule has 0 unspecified atom stereocenters. The summed E-state index contributed by atoms with van der Waals surface area (Å²) in [7, 11) is 0. The van der Waals surface area contributed by atoms with E-state index in [0.29, 0.717) is 0 Å². The minimum Gasteiger partial charge on any atom is -0.326 e. The summed E-state index contributed by atoms with van der Waals surface area (Å²) in [4.78, 5) is 11.9. The highest BCUT2D eigenvalue weighted by atomic mass is 32.2. The van der Waals surface area contributed by atoms with Gasteiger partial charge in [-0.25, -0.2) is 0 Å². The summed E-state index contributed by atoms with van der Waals surface area (Å²) < 4.78 is 0. The molecule has 1 N–H and O–H groups in total. The Bertz CT molecular complexity index is 394. The first-order valence-electron chi connectivity index (χ1n) is 5.02. The van der Waals surface area contributed by atoms with Gasteiger partial charge in [0, 0.05) is 23.3 Å². The number of nitrogens with zero attached hydrogens (tertiary/aromatic N) is 1. The van der Waals surface area contributed by atoms with Crippen molar-refractivity contribution in [2.45, 2.75) is 18.7 Å². The molecular formula is C12H14N2OS. The third-order valence-corrected chi connectivity index (χ3v) is 3.17. The maximum absolute atomic E-state index is 10.8. The number of benzene rings is 1. The average molecular weight is 234 g/mol. The second-order valence-corrected chi connectivity index (χ2v) is 4.64. The van der Waals surface area contributed by atoms with Crippen LogP contribution in [0.1, 0.15) is 13.8 Å². The first kappa shape index (κ1) is 12.6. The standard InChI is InChI=1S/C12H14N2OS/c1-9(7-13)8-16-12-5-3-11(4-6-12)14-10(2)15/h3-6,9H,8H2,1-2H3,(H,14,15)/t9-/m0/s1. The number of hydrogen-bond acceptors (Lipinski definition) is 3. The predicted molar refractivity (Wildman–Crippen MR) is 66.2 cm³/mol. The van der Waals surface area contributed by atoms with Gasteiger partial charge in [-0.05, 0) is 31.2 Å². The summed E-state index contributed by atoms with van der Waals surface area (Å²) >= 11 is 1.65. The fraction of sp³-hybridized carbons (Fsp3) is 0.333. The molecule has 4 heteroatoms. The van der Waals surface area contributed by atoms with Gasteiger partial charge in [0.2, 0.25) is 5.91 Å². The molecular weight excluding hydrogens is 220 g/mol. The van der Waals surface area contributed by atoms with E-state index in [0.717, 1.165) is 16.3 Å². The number of nitrogens with one attached hydrogen (secondary N) is 1. The van der Waals surface area contributed by atoms with Gasteiger partial charge in [-0.2, -0.15) is 5.26 Å². The fourth-order valence-electron chi connectivity index (χ4n) is 1.10. The zero-order valence-corrected chi connectivity index (χ0v) is 10.2. The topological polar surface area (TPSA) is 52.9 Å². The molecule has 0 saturated heterocycles. The Morgan fingerprint density at radius 3 is 2.62 bits per heavy atom. The lowest BCUT2D eigenvalue weighted by atomic mass is 10.3. The van der Waals surface area contributed by atoms with Crippen LogP contribution in [0.5, 0.6) is 0 Å². The summed E-state index contributed by atoms with van der Waals surface area (Å²) in [5.41, 5.74) is 0.796. The molecule has 3 nitrogen and oxygen atoms in total. The third-order valence-electron chi connectivity index (χ3n) is 1.90. The molecule has 1 amide bonds. The van der Waals surface area contributed by atoms with E-state index in [-0.39, 0.29) is 11.8 Å². The van der Waals surface area contributed by atoms with Gasteiger partial charge in [-0.1, -0.05) is 0 Å². The second kappa shape index (κ2) is 6.19. The quantitative estimate of drug-likeness (QED) is 0.815. The summed E-state index contributed by atoms with van der Waals surface area (Å²) in [5, 5.41) is 11.4. The van der Waals surface area contributed by atoms with Crippen molar-refractivity contribution in [1.29, 1.82) is 5.26 Å². The van der Waals surface area contributed by atoms with Crippen LogP contribution in [0, 0.1) is 17.2 Å². The van der Waals surface area contributed by atoms with Gasteiger partial charge in [-0.3, -0.25) is 4.79 Å². The van der Waals surface area contributed by atoms with Crippen LogP contribution in [0.2, 0.25) is 0 Å². The Hall–Kier alpha value is -1.47. The maximum Gasteiger partial charge on any atom is 0.221 e. The van der Waals surface area contributed by atoms with Gasteiger partial charge in [0.25, 0.3) is 0 Å². The predicted octanol–water partition coefficient (Wildman–Crippen LogP) is 2.90. The lowest BCUT2D eigenvalue weighted by Crippen LogP contribution is -2.05. The van der Waals surface area contributed by atoms with Crippen LogP contribution >= 0.6 is 11.8 Å². The summed E-state index contributed by atoms with van der Waals surface area (Å²) in [6, 6.07) is 9.81. The molecule has 16 heavy (non-hydrogen) atoms. The first-order chi connectivity index (χ1) is 7.61. The van der Waals surface area contributed by atoms with Gasteiger partial charge < -0.3 is 5.32 Å². The highest BCUT2D eigenvalue weighted by molar-refractivity contribution is 7.99. The van der Waals surface area contributed by atoms with Crippen LogP contribution in [-0.2, 0) is 4.79 Å². The average Bonchev–Trinajstić information content (AvgIpc) is 2.27. The molecule has 0 bridgehead atoms. The highest BCUT2D eigenvalue weighted by Crippen LogP contribution is 2.22. The van der Waals surface area contributed by atoms with Crippen LogP contribution in [0.3, 0.4) is 0 Å². The Labute approximate surface area is 99.8 Å². The molecule has 1 aromatic rings. The van der Waals surface area contributed by atoms with Gasteiger partial charge in [-0.15, -0.1) is 11.8 Å². The minimum absolute atomic E-state index is 0.0556. The number of nitriles is 1. The molecule has 1 atom stereocenters. The van der Waals surface area contributed by atoms with Gasteiger partial charge in [0.05, 0.1) is 12.0 Å². The van der Waals surface area contributed by atoms with Gasteiger partial charge >= 0.3 is 0 Å². The Morgan fingerprint density at radius 1 is 1.50 bits per heavy atom. The van der Waals surface area contributed by atoms with Crippen molar-refractivity contribution in [3.63, 3.8) is 0 Å². The van der Waals surface area contributed by atoms with E-state index in [1.54, 1.807) is 11.8 Å². The molecule has 0 fully saturated rings. The Morgan fingerprint density at radius 2 is 2.12 bits per heavy atom. The van der Waals surface area contributed by atoms with Crippen LogP contribution in [0.25, 0.3) is 0 Å². The van der Waals surface area contributed by atoms with Crippen LogP contribution in [-0.4, -0.2) is 11.7 Å².